The Kier molecular flexibility index (Phi) is 3.29. The van der Waals surface area contributed by atoms with Crippen LogP contribution < -0.4 is 0 Å². The van der Waals surface area contributed by atoms with E-state index in [1.165, 1.54) is 0 Å². The minimum absolute atomic E-state index is 0.297. The van der Waals surface area contributed by atoms with Gasteiger partial charge in [0.1, 0.15) is 17.4 Å². The van der Waals surface area contributed by atoms with Crippen molar-refractivity contribution < 1.29 is 22.9 Å². The smallest absolute Gasteiger partial charge is 0.316 e. The van der Waals surface area contributed by atoms with Crippen molar-refractivity contribution in [3.8, 4) is 0 Å². The van der Waals surface area contributed by atoms with Gasteiger partial charge in [-0.15, -0.1) is 0 Å². The molecule has 0 fully saturated rings. The Morgan fingerprint density at radius 2 is 2.07 bits per heavy atom. The molecule has 0 aliphatic rings. The first-order valence-corrected chi connectivity index (χ1v) is 4.88. The molecular formula is C8H6F2O3S. The maximum Gasteiger partial charge on any atom is 0.316 e. The Hall–Kier alpha value is -1.30. The zero-order chi connectivity index (χ0) is 10.7. The van der Waals surface area contributed by atoms with E-state index >= 15 is 0 Å². The minimum Gasteiger partial charge on any atom is -0.481 e. The van der Waals surface area contributed by atoms with Crippen LogP contribution in [-0.4, -0.2) is 21.0 Å². The van der Waals surface area contributed by atoms with Gasteiger partial charge in [-0.05, 0) is 12.1 Å². The largest absolute Gasteiger partial charge is 0.481 e. The average molecular weight is 220 g/mol. The fraction of sp³-hybridized carbons (Fsp3) is 0.125. The molecule has 14 heavy (non-hydrogen) atoms. The van der Waals surface area contributed by atoms with Crippen LogP contribution in [0.1, 0.15) is 0 Å². The summed E-state index contributed by atoms with van der Waals surface area (Å²) < 4.78 is 36.5. The van der Waals surface area contributed by atoms with E-state index in [1.54, 1.807) is 0 Å². The average Bonchev–Trinajstić information content (AvgIpc) is 2.01. The zero-order valence-corrected chi connectivity index (χ0v) is 7.68. The molecule has 0 heterocycles. The van der Waals surface area contributed by atoms with E-state index < -0.39 is 34.2 Å². The van der Waals surface area contributed by atoms with Crippen molar-refractivity contribution >= 4 is 16.8 Å². The summed E-state index contributed by atoms with van der Waals surface area (Å²) in [5.41, 5.74) is 0. The van der Waals surface area contributed by atoms with Gasteiger partial charge in [-0.25, -0.2) is 8.78 Å². The molecule has 76 valence electrons. The SMILES string of the molecule is O=C(O)CS(=O)c1ccc(F)cc1F. The molecule has 1 N–H and O–H groups in total. The highest BCUT2D eigenvalue weighted by atomic mass is 32.2. The van der Waals surface area contributed by atoms with Gasteiger partial charge in [0.2, 0.25) is 0 Å². The third-order valence-corrected chi connectivity index (χ3v) is 2.72. The maximum atomic E-state index is 12.9. The third kappa shape index (κ3) is 2.59. The molecule has 1 rings (SSSR count). The molecule has 0 saturated heterocycles. The van der Waals surface area contributed by atoms with Crippen LogP contribution in [0, 0.1) is 11.6 Å². The lowest BCUT2D eigenvalue weighted by atomic mass is 10.3. The van der Waals surface area contributed by atoms with Crippen LogP contribution in [0.3, 0.4) is 0 Å². The number of aliphatic carboxylic acids is 1. The summed E-state index contributed by atoms with van der Waals surface area (Å²) in [6.45, 7) is 0. The van der Waals surface area contributed by atoms with E-state index in [9.17, 15) is 17.8 Å². The lowest BCUT2D eigenvalue weighted by molar-refractivity contribution is -0.133. The molecule has 3 nitrogen and oxygen atoms in total. The Labute approximate surface area is 80.8 Å². The van der Waals surface area contributed by atoms with Crippen LogP contribution in [0.4, 0.5) is 8.78 Å². The number of hydrogen-bond acceptors (Lipinski definition) is 2. The van der Waals surface area contributed by atoms with E-state index in [0.29, 0.717) is 6.07 Å². The van der Waals surface area contributed by atoms with Gasteiger partial charge in [0.25, 0.3) is 0 Å². The summed E-state index contributed by atoms with van der Waals surface area (Å²) in [6.07, 6.45) is 0. The highest BCUT2D eigenvalue weighted by Crippen LogP contribution is 2.13. The fourth-order valence-corrected chi connectivity index (χ4v) is 1.73. The molecule has 0 saturated carbocycles. The summed E-state index contributed by atoms with van der Waals surface area (Å²) in [5, 5.41) is 8.30. The van der Waals surface area contributed by atoms with Crippen molar-refractivity contribution in [1.29, 1.82) is 0 Å². The van der Waals surface area contributed by atoms with Crippen molar-refractivity contribution in [1.82, 2.24) is 0 Å². The highest BCUT2D eigenvalue weighted by molar-refractivity contribution is 7.85. The zero-order valence-electron chi connectivity index (χ0n) is 6.87. The Morgan fingerprint density at radius 3 is 2.57 bits per heavy atom. The second-order valence-corrected chi connectivity index (χ2v) is 3.88. The quantitative estimate of drug-likeness (QED) is 0.831. The van der Waals surface area contributed by atoms with E-state index in [1.807, 2.05) is 0 Å². The normalized spacial score (nSPS) is 12.4. The summed E-state index contributed by atoms with van der Waals surface area (Å²) in [7, 11) is -1.97. The van der Waals surface area contributed by atoms with Crippen molar-refractivity contribution in [2.75, 3.05) is 5.75 Å². The van der Waals surface area contributed by atoms with E-state index in [4.69, 9.17) is 5.11 Å². The molecule has 0 amide bonds. The van der Waals surface area contributed by atoms with Crippen LogP contribution in [0.15, 0.2) is 23.1 Å². The number of rotatable bonds is 3. The summed E-state index contributed by atoms with van der Waals surface area (Å²) in [4.78, 5) is 9.87. The predicted molar refractivity (Wildman–Crippen MR) is 45.3 cm³/mol. The van der Waals surface area contributed by atoms with Crippen molar-refractivity contribution in [3.63, 3.8) is 0 Å². The van der Waals surface area contributed by atoms with Crippen molar-refractivity contribution in [3.05, 3.63) is 29.8 Å². The molecule has 1 unspecified atom stereocenters. The van der Waals surface area contributed by atoms with Gasteiger partial charge in [-0.2, -0.15) is 0 Å². The summed E-state index contributed by atoms with van der Waals surface area (Å²) in [5.74, 6) is -3.78. The van der Waals surface area contributed by atoms with E-state index in [0.717, 1.165) is 12.1 Å². The summed E-state index contributed by atoms with van der Waals surface area (Å²) in [6, 6.07) is 2.47. The fourth-order valence-electron chi connectivity index (χ4n) is 0.850. The van der Waals surface area contributed by atoms with E-state index in [2.05, 4.69) is 0 Å². The second kappa shape index (κ2) is 4.28. The number of benzene rings is 1. The molecule has 1 aromatic carbocycles. The molecule has 0 aromatic heterocycles. The van der Waals surface area contributed by atoms with Gasteiger partial charge >= 0.3 is 5.97 Å². The molecule has 1 aromatic rings. The Balaban J connectivity index is 2.96. The molecule has 0 aliphatic heterocycles. The van der Waals surface area contributed by atoms with Crippen LogP contribution in [0.5, 0.6) is 0 Å². The molecule has 0 bridgehead atoms. The van der Waals surface area contributed by atoms with Gasteiger partial charge in [-0.1, -0.05) is 0 Å². The first-order valence-electron chi connectivity index (χ1n) is 3.56. The minimum atomic E-state index is -1.97. The van der Waals surface area contributed by atoms with Gasteiger partial charge in [-0.3, -0.25) is 9.00 Å². The summed E-state index contributed by atoms with van der Waals surface area (Å²) >= 11 is 0. The van der Waals surface area contributed by atoms with Crippen LogP contribution in [0.2, 0.25) is 0 Å². The number of carboxylic acids is 1. The first kappa shape index (κ1) is 10.8. The topological polar surface area (TPSA) is 54.4 Å². The molecular weight excluding hydrogens is 214 g/mol. The molecule has 0 radical (unpaired) electrons. The molecule has 0 spiro atoms. The van der Waals surface area contributed by atoms with Crippen LogP contribution in [-0.2, 0) is 15.6 Å². The lowest BCUT2D eigenvalue weighted by Gasteiger charge is -2.00. The molecule has 0 aliphatic carbocycles. The van der Waals surface area contributed by atoms with Crippen LogP contribution >= 0.6 is 0 Å². The van der Waals surface area contributed by atoms with Crippen LogP contribution in [0.25, 0.3) is 0 Å². The monoisotopic (exact) mass is 220 g/mol. The third-order valence-electron chi connectivity index (χ3n) is 1.39. The second-order valence-electron chi connectivity index (χ2n) is 2.46. The predicted octanol–water partition coefficient (Wildman–Crippen LogP) is 1.16. The lowest BCUT2D eigenvalue weighted by Crippen LogP contribution is -2.10. The van der Waals surface area contributed by atoms with Gasteiger partial charge in [0, 0.05) is 6.07 Å². The van der Waals surface area contributed by atoms with Gasteiger partial charge in [0.15, 0.2) is 0 Å². The molecule has 6 heteroatoms. The molecule has 1 atom stereocenters. The van der Waals surface area contributed by atoms with Crippen molar-refractivity contribution in [2.45, 2.75) is 4.90 Å². The Bertz CT molecular complexity index is 392. The maximum absolute atomic E-state index is 12.9. The first-order chi connectivity index (χ1) is 6.50. The van der Waals surface area contributed by atoms with Gasteiger partial charge < -0.3 is 5.11 Å². The van der Waals surface area contributed by atoms with Gasteiger partial charge in [0.05, 0.1) is 15.7 Å². The van der Waals surface area contributed by atoms with E-state index in [-0.39, 0.29) is 4.90 Å². The highest BCUT2D eigenvalue weighted by Gasteiger charge is 2.13. The van der Waals surface area contributed by atoms with Crippen molar-refractivity contribution in [2.24, 2.45) is 0 Å². The number of carbonyl (C=O) groups is 1. The Morgan fingerprint density at radius 1 is 1.43 bits per heavy atom. The number of halogens is 2. The number of carboxylic acid groups (broad SMARTS) is 1. The number of hydrogen-bond donors (Lipinski definition) is 1. The standard InChI is InChI=1S/C8H6F2O3S/c9-5-1-2-7(6(10)3-5)14(13)4-8(11)12/h1-3H,4H2,(H,11,12).